The van der Waals surface area contributed by atoms with Gasteiger partial charge in [-0.2, -0.15) is 0 Å². The number of fused-ring (bicyclic) bond motifs is 1. The highest BCUT2D eigenvalue weighted by Crippen LogP contribution is 2.32. The third kappa shape index (κ3) is 2.08. The van der Waals surface area contributed by atoms with E-state index in [-0.39, 0.29) is 0 Å². The molecule has 0 radical (unpaired) electrons. The summed E-state index contributed by atoms with van der Waals surface area (Å²) >= 11 is 0. The highest BCUT2D eigenvalue weighted by molar-refractivity contribution is 5.72. The summed E-state index contributed by atoms with van der Waals surface area (Å²) in [5.41, 5.74) is 3.36. The molecule has 1 atom stereocenters. The molecule has 2 aliphatic heterocycles. The molecular formula is C14H18N2O. The van der Waals surface area contributed by atoms with Gasteiger partial charge in [-0.25, -0.2) is 0 Å². The van der Waals surface area contributed by atoms with E-state index in [4.69, 9.17) is 0 Å². The van der Waals surface area contributed by atoms with Gasteiger partial charge in [-0.15, -0.1) is 0 Å². The molecular weight excluding hydrogens is 212 g/mol. The Morgan fingerprint density at radius 1 is 1.12 bits per heavy atom. The Kier molecular flexibility index (Phi) is 2.87. The van der Waals surface area contributed by atoms with Gasteiger partial charge in [-0.05, 0) is 55.1 Å². The number of anilines is 1. The first-order valence-electron chi connectivity index (χ1n) is 6.30. The lowest BCUT2D eigenvalue weighted by Crippen LogP contribution is -2.35. The average molecular weight is 230 g/mol. The van der Waals surface area contributed by atoms with E-state index in [1.165, 1.54) is 5.56 Å². The van der Waals surface area contributed by atoms with Gasteiger partial charge >= 0.3 is 0 Å². The number of para-hydroxylation sites is 1. The number of piperidine rings is 1. The van der Waals surface area contributed by atoms with Crippen LogP contribution in [0, 0.1) is 5.92 Å². The second-order valence-corrected chi connectivity index (χ2v) is 4.80. The summed E-state index contributed by atoms with van der Waals surface area (Å²) in [6, 6.07) is 8.13. The first-order valence-corrected chi connectivity index (χ1v) is 6.30. The van der Waals surface area contributed by atoms with E-state index in [9.17, 15) is 5.11 Å². The van der Waals surface area contributed by atoms with E-state index in [1.54, 1.807) is 0 Å². The average Bonchev–Trinajstić information content (AvgIpc) is 2.39. The Labute approximate surface area is 102 Å². The molecule has 3 N–H and O–H groups in total. The summed E-state index contributed by atoms with van der Waals surface area (Å²) in [5.74, 6) is 0.507. The van der Waals surface area contributed by atoms with Gasteiger partial charge in [0.1, 0.15) is 6.23 Å². The van der Waals surface area contributed by atoms with Crippen molar-refractivity contribution >= 4 is 11.8 Å². The zero-order chi connectivity index (χ0) is 11.7. The maximum atomic E-state index is 10.2. The maximum Gasteiger partial charge on any atom is 0.147 e. The number of hydrogen-bond donors (Lipinski definition) is 3. The van der Waals surface area contributed by atoms with Gasteiger partial charge in [0.25, 0.3) is 0 Å². The van der Waals surface area contributed by atoms with Crippen LogP contribution >= 0.6 is 0 Å². The van der Waals surface area contributed by atoms with Crippen molar-refractivity contribution < 1.29 is 5.11 Å². The van der Waals surface area contributed by atoms with Crippen molar-refractivity contribution in [3.63, 3.8) is 0 Å². The molecule has 0 amide bonds. The zero-order valence-electron chi connectivity index (χ0n) is 9.82. The molecule has 1 aromatic rings. The Hall–Kier alpha value is -1.32. The fourth-order valence-electron chi connectivity index (χ4n) is 2.74. The van der Waals surface area contributed by atoms with Crippen molar-refractivity contribution in [2.75, 3.05) is 18.4 Å². The summed E-state index contributed by atoms with van der Waals surface area (Å²) in [5, 5.41) is 16.7. The lowest BCUT2D eigenvalue weighted by atomic mass is 9.86. The first-order chi connectivity index (χ1) is 8.34. The van der Waals surface area contributed by atoms with E-state index in [0.717, 1.165) is 37.2 Å². The molecule has 1 aromatic carbocycles. The molecule has 3 rings (SSSR count). The third-order valence-electron chi connectivity index (χ3n) is 3.70. The van der Waals surface area contributed by atoms with Crippen molar-refractivity contribution in [2.45, 2.75) is 19.1 Å². The van der Waals surface area contributed by atoms with Crippen LogP contribution in [0.2, 0.25) is 0 Å². The molecule has 3 heteroatoms. The number of hydrogen-bond acceptors (Lipinski definition) is 3. The van der Waals surface area contributed by atoms with Crippen LogP contribution in [0.1, 0.15) is 18.4 Å². The normalized spacial score (nSPS) is 24.8. The summed E-state index contributed by atoms with van der Waals surface area (Å²) in [4.78, 5) is 0. The molecule has 90 valence electrons. The fraction of sp³-hybridized carbons (Fsp3) is 0.429. The highest BCUT2D eigenvalue weighted by Gasteiger charge is 2.26. The lowest BCUT2D eigenvalue weighted by molar-refractivity contribution is 0.216. The predicted molar refractivity (Wildman–Crippen MR) is 69.6 cm³/mol. The summed E-state index contributed by atoms with van der Waals surface area (Å²) in [6.07, 6.45) is 3.87. The van der Waals surface area contributed by atoms with Crippen LogP contribution in [0.5, 0.6) is 0 Å². The number of nitrogens with one attached hydrogen (secondary N) is 2. The first kappa shape index (κ1) is 10.8. The number of rotatable bonds is 1. The summed E-state index contributed by atoms with van der Waals surface area (Å²) < 4.78 is 0. The van der Waals surface area contributed by atoms with Crippen molar-refractivity contribution in [1.29, 1.82) is 0 Å². The molecule has 1 unspecified atom stereocenters. The maximum absolute atomic E-state index is 10.2. The number of aliphatic hydroxyl groups is 1. The van der Waals surface area contributed by atoms with Crippen molar-refractivity contribution in [3.8, 4) is 0 Å². The molecule has 0 aromatic heterocycles. The van der Waals surface area contributed by atoms with Gasteiger partial charge < -0.3 is 15.7 Å². The highest BCUT2D eigenvalue weighted by atomic mass is 16.3. The van der Waals surface area contributed by atoms with Gasteiger partial charge in [0.2, 0.25) is 0 Å². The van der Waals surface area contributed by atoms with Gasteiger partial charge in [-0.3, -0.25) is 0 Å². The molecule has 0 spiro atoms. The monoisotopic (exact) mass is 230 g/mol. The second-order valence-electron chi connectivity index (χ2n) is 4.80. The topological polar surface area (TPSA) is 44.3 Å². The fourth-order valence-corrected chi connectivity index (χ4v) is 2.74. The summed E-state index contributed by atoms with van der Waals surface area (Å²) in [7, 11) is 0. The quantitative estimate of drug-likeness (QED) is 0.689. The minimum atomic E-state index is -0.520. The van der Waals surface area contributed by atoms with E-state index in [0.29, 0.717) is 5.92 Å². The minimum absolute atomic E-state index is 0.507. The van der Waals surface area contributed by atoms with Crippen LogP contribution in [0.15, 0.2) is 29.8 Å². The molecule has 2 aliphatic rings. The Bertz CT molecular complexity index is 436. The Balaban J connectivity index is 1.91. The zero-order valence-corrected chi connectivity index (χ0v) is 9.82. The van der Waals surface area contributed by atoms with Crippen LogP contribution in [-0.2, 0) is 0 Å². The second kappa shape index (κ2) is 4.51. The van der Waals surface area contributed by atoms with Gasteiger partial charge in [0, 0.05) is 5.69 Å². The minimum Gasteiger partial charge on any atom is -0.370 e. The standard InChI is InChI=1S/C14H18N2O/c17-14-12(10-5-7-15-8-6-10)9-11-3-1-2-4-13(11)16-14/h1-4,9-10,14-17H,5-8H2. The molecule has 0 aliphatic carbocycles. The SMILES string of the molecule is OC1Nc2ccccc2C=C1C1CCNCC1. The van der Waals surface area contributed by atoms with E-state index < -0.39 is 6.23 Å². The predicted octanol–water partition coefficient (Wildman–Crippen LogP) is 1.81. The summed E-state index contributed by atoms with van der Waals surface area (Å²) in [6.45, 7) is 2.10. The van der Waals surface area contributed by atoms with Gasteiger partial charge in [0.15, 0.2) is 0 Å². The van der Waals surface area contributed by atoms with Crippen LogP contribution < -0.4 is 10.6 Å². The van der Waals surface area contributed by atoms with Crippen LogP contribution in [-0.4, -0.2) is 24.4 Å². The van der Waals surface area contributed by atoms with Gasteiger partial charge in [0.05, 0.1) is 0 Å². The lowest BCUT2D eigenvalue weighted by Gasteiger charge is -2.32. The number of benzene rings is 1. The Morgan fingerprint density at radius 2 is 1.88 bits per heavy atom. The molecule has 1 saturated heterocycles. The van der Waals surface area contributed by atoms with Crippen LogP contribution in [0.25, 0.3) is 6.08 Å². The smallest absolute Gasteiger partial charge is 0.147 e. The van der Waals surface area contributed by atoms with Crippen LogP contribution in [0.4, 0.5) is 5.69 Å². The molecule has 0 bridgehead atoms. The van der Waals surface area contributed by atoms with E-state index >= 15 is 0 Å². The molecule has 17 heavy (non-hydrogen) atoms. The van der Waals surface area contributed by atoms with E-state index in [2.05, 4.69) is 22.8 Å². The Morgan fingerprint density at radius 3 is 2.71 bits per heavy atom. The van der Waals surface area contributed by atoms with E-state index in [1.807, 2.05) is 18.2 Å². The number of aliphatic hydroxyl groups excluding tert-OH is 1. The van der Waals surface area contributed by atoms with Crippen LogP contribution in [0.3, 0.4) is 0 Å². The van der Waals surface area contributed by atoms with Crippen molar-refractivity contribution in [1.82, 2.24) is 5.32 Å². The molecule has 2 heterocycles. The molecule has 0 saturated carbocycles. The molecule has 3 nitrogen and oxygen atoms in total. The van der Waals surface area contributed by atoms with Crippen molar-refractivity contribution in [3.05, 3.63) is 35.4 Å². The van der Waals surface area contributed by atoms with Crippen molar-refractivity contribution in [2.24, 2.45) is 5.92 Å². The van der Waals surface area contributed by atoms with Gasteiger partial charge in [-0.1, -0.05) is 18.2 Å². The third-order valence-corrected chi connectivity index (χ3v) is 3.70. The molecule has 1 fully saturated rings. The largest absolute Gasteiger partial charge is 0.370 e.